The van der Waals surface area contributed by atoms with E-state index in [0.717, 1.165) is 6.20 Å². The van der Waals surface area contributed by atoms with Gasteiger partial charge in [-0.15, -0.1) is 0 Å². The molecule has 1 amide bonds. The second kappa shape index (κ2) is 5.21. The van der Waals surface area contributed by atoms with E-state index in [1.165, 1.54) is 12.3 Å². The Labute approximate surface area is 111 Å². The molecule has 0 unspecified atom stereocenters. The third-order valence-corrected chi connectivity index (χ3v) is 4.27. The highest BCUT2D eigenvalue weighted by Crippen LogP contribution is 2.20. The van der Waals surface area contributed by atoms with E-state index < -0.39 is 21.3 Å². The van der Waals surface area contributed by atoms with Crippen LogP contribution in [0.3, 0.4) is 0 Å². The first-order chi connectivity index (χ1) is 8.17. The van der Waals surface area contributed by atoms with Gasteiger partial charge in [0, 0.05) is 18.9 Å². The fourth-order valence-corrected chi connectivity index (χ4v) is 2.64. The van der Waals surface area contributed by atoms with Crippen LogP contribution in [0.1, 0.15) is 13.8 Å². The lowest BCUT2D eigenvalue weighted by Gasteiger charge is -2.20. The molecule has 1 rings (SSSR count). The molecule has 18 heavy (non-hydrogen) atoms. The summed E-state index contributed by atoms with van der Waals surface area (Å²) in [6.45, 7) is 2.97. The minimum atomic E-state index is -3.81. The van der Waals surface area contributed by atoms with Crippen LogP contribution < -0.4 is 10.5 Å². The Balaban J connectivity index is 2.92. The first-order valence-corrected chi connectivity index (χ1v) is 6.92. The van der Waals surface area contributed by atoms with Crippen molar-refractivity contribution in [1.82, 2.24) is 9.71 Å². The number of sulfonamides is 1. The minimum absolute atomic E-state index is 0.0642. The Hall–Kier alpha value is -1.18. The van der Waals surface area contributed by atoms with Crippen LogP contribution in [0.2, 0.25) is 5.02 Å². The van der Waals surface area contributed by atoms with Crippen molar-refractivity contribution >= 4 is 27.5 Å². The summed E-state index contributed by atoms with van der Waals surface area (Å²) in [6.07, 6.45) is 2.52. The molecule has 0 saturated carbocycles. The molecule has 1 aromatic heterocycles. The second-order valence-corrected chi connectivity index (χ2v) is 6.52. The van der Waals surface area contributed by atoms with Gasteiger partial charge in [-0.1, -0.05) is 11.6 Å². The molecule has 0 bridgehead atoms. The third kappa shape index (κ3) is 3.41. The molecule has 0 aliphatic carbocycles. The molecule has 0 aromatic carbocycles. The zero-order valence-corrected chi connectivity index (χ0v) is 11.5. The minimum Gasteiger partial charge on any atom is -0.369 e. The highest BCUT2D eigenvalue weighted by atomic mass is 35.5. The molecule has 6 nitrogen and oxygen atoms in total. The molecule has 8 heteroatoms. The van der Waals surface area contributed by atoms with Crippen molar-refractivity contribution in [2.45, 2.75) is 18.7 Å². The lowest BCUT2D eigenvalue weighted by molar-refractivity contribution is -0.125. The summed E-state index contributed by atoms with van der Waals surface area (Å²) in [5, 5.41) is 0.0642. The molecule has 0 saturated heterocycles. The summed E-state index contributed by atoms with van der Waals surface area (Å²) in [7, 11) is -3.81. The van der Waals surface area contributed by atoms with Gasteiger partial charge in [0.15, 0.2) is 0 Å². The van der Waals surface area contributed by atoms with E-state index in [-0.39, 0.29) is 16.5 Å². The Morgan fingerprint density at radius 1 is 1.56 bits per heavy atom. The molecule has 0 spiro atoms. The largest absolute Gasteiger partial charge is 0.369 e. The van der Waals surface area contributed by atoms with E-state index in [1.54, 1.807) is 13.8 Å². The van der Waals surface area contributed by atoms with Crippen LogP contribution in [-0.4, -0.2) is 25.9 Å². The predicted octanol–water partition coefficient (Wildman–Crippen LogP) is 0.525. The van der Waals surface area contributed by atoms with Gasteiger partial charge in [0.1, 0.15) is 4.90 Å². The standard InChI is InChI=1S/C10H14ClN3O3S/c1-10(2,9(12)15)6-14-18(16,17)8-5-13-4-3-7(8)11/h3-5,14H,6H2,1-2H3,(H2,12,15). The second-order valence-electron chi connectivity index (χ2n) is 4.38. The maximum Gasteiger partial charge on any atom is 0.243 e. The normalized spacial score (nSPS) is 12.4. The molecular formula is C10H14ClN3O3S. The van der Waals surface area contributed by atoms with E-state index >= 15 is 0 Å². The summed E-state index contributed by atoms with van der Waals surface area (Å²) in [5.41, 5.74) is 4.17. The number of amides is 1. The first-order valence-electron chi connectivity index (χ1n) is 5.06. The van der Waals surface area contributed by atoms with Gasteiger partial charge in [-0.3, -0.25) is 9.78 Å². The number of nitrogens with one attached hydrogen (secondary N) is 1. The van der Waals surface area contributed by atoms with Crippen LogP contribution in [0.5, 0.6) is 0 Å². The molecule has 0 aliphatic rings. The van der Waals surface area contributed by atoms with Gasteiger partial charge < -0.3 is 5.73 Å². The van der Waals surface area contributed by atoms with Crippen molar-refractivity contribution in [3.05, 3.63) is 23.5 Å². The number of carbonyl (C=O) groups excluding carboxylic acids is 1. The number of pyridine rings is 1. The monoisotopic (exact) mass is 291 g/mol. The summed E-state index contributed by atoms with van der Waals surface area (Å²) in [5.74, 6) is -0.595. The summed E-state index contributed by atoms with van der Waals surface area (Å²) in [6, 6.07) is 1.37. The van der Waals surface area contributed by atoms with Gasteiger partial charge >= 0.3 is 0 Å². The Kier molecular flexibility index (Phi) is 4.31. The van der Waals surface area contributed by atoms with Crippen LogP contribution in [-0.2, 0) is 14.8 Å². The summed E-state index contributed by atoms with van der Waals surface area (Å²) in [4.78, 5) is 14.7. The SMILES string of the molecule is CC(C)(CNS(=O)(=O)c1cnccc1Cl)C(N)=O. The van der Waals surface area contributed by atoms with Gasteiger partial charge in [0.25, 0.3) is 0 Å². The maximum atomic E-state index is 11.9. The maximum absolute atomic E-state index is 11.9. The number of carbonyl (C=O) groups is 1. The zero-order chi connectivity index (χ0) is 14.0. The van der Waals surface area contributed by atoms with Crippen LogP contribution in [0.4, 0.5) is 0 Å². The van der Waals surface area contributed by atoms with Crippen molar-refractivity contribution in [2.24, 2.45) is 11.1 Å². The summed E-state index contributed by atoms with van der Waals surface area (Å²) >= 11 is 5.77. The Morgan fingerprint density at radius 2 is 2.17 bits per heavy atom. The van der Waals surface area contributed by atoms with Gasteiger partial charge in [0.05, 0.1) is 10.4 Å². The molecule has 100 valence electrons. The third-order valence-electron chi connectivity index (χ3n) is 2.39. The number of primary amides is 1. The predicted molar refractivity (Wildman–Crippen MR) is 67.4 cm³/mol. The van der Waals surface area contributed by atoms with Crippen molar-refractivity contribution in [3.63, 3.8) is 0 Å². The van der Waals surface area contributed by atoms with Crippen molar-refractivity contribution < 1.29 is 13.2 Å². The fourth-order valence-electron chi connectivity index (χ4n) is 1.00. The van der Waals surface area contributed by atoms with E-state index in [2.05, 4.69) is 9.71 Å². The first kappa shape index (κ1) is 14.9. The number of nitrogens with two attached hydrogens (primary N) is 1. The van der Waals surface area contributed by atoms with Crippen molar-refractivity contribution in [3.8, 4) is 0 Å². The number of halogens is 1. The summed E-state index contributed by atoms with van der Waals surface area (Å²) < 4.78 is 26.2. The van der Waals surface area contributed by atoms with Crippen LogP contribution in [0, 0.1) is 5.41 Å². The number of hydrogen-bond donors (Lipinski definition) is 2. The smallest absolute Gasteiger partial charge is 0.243 e. The Morgan fingerprint density at radius 3 is 2.67 bits per heavy atom. The van der Waals surface area contributed by atoms with E-state index in [0.29, 0.717) is 0 Å². The van der Waals surface area contributed by atoms with Gasteiger partial charge in [-0.05, 0) is 19.9 Å². The van der Waals surface area contributed by atoms with Crippen LogP contribution in [0.15, 0.2) is 23.4 Å². The number of aromatic nitrogens is 1. The van der Waals surface area contributed by atoms with Crippen LogP contribution in [0.25, 0.3) is 0 Å². The molecule has 0 atom stereocenters. The molecule has 0 aliphatic heterocycles. The average molecular weight is 292 g/mol. The number of nitrogens with zero attached hydrogens (tertiary/aromatic N) is 1. The van der Waals surface area contributed by atoms with Gasteiger partial charge in [-0.2, -0.15) is 0 Å². The molecule has 1 heterocycles. The average Bonchev–Trinajstić information content (AvgIpc) is 2.27. The quantitative estimate of drug-likeness (QED) is 0.826. The molecule has 0 radical (unpaired) electrons. The highest BCUT2D eigenvalue weighted by molar-refractivity contribution is 7.89. The van der Waals surface area contributed by atoms with Crippen LogP contribution >= 0.6 is 11.6 Å². The van der Waals surface area contributed by atoms with Crippen molar-refractivity contribution in [2.75, 3.05) is 6.54 Å². The lowest BCUT2D eigenvalue weighted by atomic mass is 9.93. The van der Waals surface area contributed by atoms with Crippen molar-refractivity contribution in [1.29, 1.82) is 0 Å². The number of rotatable bonds is 5. The fraction of sp³-hybridized carbons (Fsp3) is 0.400. The lowest BCUT2D eigenvalue weighted by Crippen LogP contribution is -2.42. The Bertz CT molecular complexity index is 557. The molecule has 0 fully saturated rings. The van der Waals surface area contributed by atoms with E-state index in [9.17, 15) is 13.2 Å². The topological polar surface area (TPSA) is 102 Å². The molecular weight excluding hydrogens is 278 g/mol. The number of hydrogen-bond acceptors (Lipinski definition) is 4. The highest BCUT2D eigenvalue weighted by Gasteiger charge is 2.28. The van der Waals surface area contributed by atoms with E-state index in [1.807, 2.05) is 0 Å². The van der Waals surface area contributed by atoms with E-state index in [4.69, 9.17) is 17.3 Å². The van der Waals surface area contributed by atoms with Gasteiger partial charge in [0.2, 0.25) is 15.9 Å². The zero-order valence-electron chi connectivity index (χ0n) is 9.97. The van der Waals surface area contributed by atoms with Gasteiger partial charge in [-0.25, -0.2) is 13.1 Å². The molecule has 3 N–H and O–H groups in total. The molecule has 1 aromatic rings.